The molecule has 28 heavy (non-hydrogen) atoms. The molecule has 3 N–H and O–H groups in total. The summed E-state index contributed by atoms with van der Waals surface area (Å²) in [6.45, 7) is 8.98. The number of hydrogen-bond donors (Lipinski definition) is 3. The van der Waals surface area contributed by atoms with Crippen molar-refractivity contribution in [3.05, 3.63) is 57.4 Å². The second-order valence-electron chi connectivity index (χ2n) is 7.52. The molecule has 7 heteroatoms. The molecule has 1 aliphatic heterocycles. The lowest BCUT2D eigenvalue weighted by molar-refractivity contribution is -1.01. The Hall–Kier alpha value is -2.15. The van der Waals surface area contributed by atoms with Crippen LogP contribution in [0.15, 0.2) is 24.3 Å². The Kier molecular flexibility index (Phi) is 6.54. The average molecular weight is 406 g/mol. The van der Waals surface area contributed by atoms with Gasteiger partial charge >= 0.3 is 5.97 Å². The molecule has 1 aliphatic rings. The highest BCUT2D eigenvalue weighted by molar-refractivity contribution is 6.30. The summed E-state index contributed by atoms with van der Waals surface area (Å²) in [6.07, 6.45) is 0. The Bertz CT molecular complexity index is 853. The second kappa shape index (κ2) is 8.90. The molecule has 0 radical (unpaired) electrons. The fraction of sp³-hybridized carbons (Fsp3) is 0.429. The minimum absolute atomic E-state index is 0.0481. The van der Waals surface area contributed by atoms with Crippen LogP contribution in [0.4, 0.5) is 0 Å². The van der Waals surface area contributed by atoms with E-state index in [0.717, 1.165) is 37.7 Å². The Morgan fingerprint density at radius 2 is 1.68 bits per heavy atom. The third-order valence-electron chi connectivity index (χ3n) is 5.55. The van der Waals surface area contributed by atoms with E-state index in [4.69, 9.17) is 16.3 Å². The van der Waals surface area contributed by atoms with Gasteiger partial charge in [0.25, 0.3) is 0 Å². The Balaban J connectivity index is 1.55. The van der Waals surface area contributed by atoms with Crippen molar-refractivity contribution >= 4 is 23.4 Å². The van der Waals surface area contributed by atoms with Gasteiger partial charge in [0, 0.05) is 16.3 Å². The van der Waals surface area contributed by atoms with Gasteiger partial charge in [-0.15, -0.1) is 0 Å². The molecular formula is C21H28ClN3O3+2. The molecule has 2 heterocycles. The van der Waals surface area contributed by atoms with E-state index < -0.39 is 5.97 Å². The van der Waals surface area contributed by atoms with Gasteiger partial charge in [0.15, 0.2) is 0 Å². The summed E-state index contributed by atoms with van der Waals surface area (Å²) in [5.74, 6) is -0.357. The van der Waals surface area contributed by atoms with Crippen molar-refractivity contribution < 1.29 is 24.1 Å². The van der Waals surface area contributed by atoms with E-state index in [1.54, 1.807) is 13.8 Å². The summed E-state index contributed by atoms with van der Waals surface area (Å²) in [5.41, 5.74) is 3.65. The van der Waals surface area contributed by atoms with Gasteiger partial charge in [-0.3, -0.25) is 4.79 Å². The molecule has 0 unspecified atom stereocenters. The lowest BCUT2D eigenvalue weighted by atomic mass is 10.1. The van der Waals surface area contributed by atoms with E-state index in [9.17, 15) is 9.59 Å². The highest BCUT2D eigenvalue weighted by atomic mass is 35.5. The van der Waals surface area contributed by atoms with Gasteiger partial charge in [-0.25, -0.2) is 4.79 Å². The quantitative estimate of drug-likeness (QED) is 0.476. The molecular weight excluding hydrogens is 378 g/mol. The summed E-state index contributed by atoms with van der Waals surface area (Å²) in [5, 5.41) is 0.761. The molecule has 150 valence electrons. The lowest BCUT2D eigenvalue weighted by Gasteiger charge is -2.29. The van der Waals surface area contributed by atoms with Gasteiger partial charge < -0.3 is 19.5 Å². The molecule has 1 aromatic heterocycles. The van der Waals surface area contributed by atoms with Crippen molar-refractivity contribution in [1.82, 2.24) is 4.98 Å². The zero-order chi connectivity index (χ0) is 20.3. The molecule has 0 atom stereocenters. The highest BCUT2D eigenvalue weighted by Crippen LogP contribution is 2.19. The van der Waals surface area contributed by atoms with Crippen molar-refractivity contribution in [2.45, 2.75) is 20.4 Å². The number of esters is 1. The van der Waals surface area contributed by atoms with Crippen molar-refractivity contribution in [2.24, 2.45) is 0 Å². The standard InChI is InChI=1S/C21H26ClN3O3/c1-14-19(21(27)28-3)15(2)23-20(14)18(26)13-25-10-8-24(9-11-25)12-16-4-6-17(22)7-5-16/h4-7,23H,8-13H2,1-3H3/p+2. The number of benzene rings is 1. The Morgan fingerprint density at radius 3 is 2.29 bits per heavy atom. The summed E-state index contributed by atoms with van der Waals surface area (Å²) in [4.78, 5) is 30.6. The monoisotopic (exact) mass is 405 g/mol. The van der Waals surface area contributed by atoms with Crippen molar-refractivity contribution in [3.8, 4) is 0 Å². The second-order valence-corrected chi connectivity index (χ2v) is 7.96. The first-order chi connectivity index (χ1) is 13.4. The molecule has 6 nitrogen and oxygen atoms in total. The van der Waals surface area contributed by atoms with E-state index in [-0.39, 0.29) is 5.78 Å². The zero-order valence-electron chi connectivity index (χ0n) is 16.7. The summed E-state index contributed by atoms with van der Waals surface area (Å²) in [6, 6.07) is 8.01. The Labute approximate surface area is 170 Å². The number of piperazine rings is 1. The number of Topliss-reactive ketones (excluding diaryl/α,β-unsaturated/α-hetero) is 1. The SMILES string of the molecule is COC(=O)c1c(C)[nH]c(C(=O)C[NH+]2CC[NH+](Cc3ccc(Cl)cc3)CC2)c1C. The van der Waals surface area contributed by atoms with Crippen LogP contribution in [-0.2, 0) is 11.3 Å². The first-order valence-electron chi connectivity index (χ1n) is 9.61. The van der Waals surface area contributed by atoms with Crippen LogP contribution >= 0.6 is 11.6 Å². The van der Waals surface area contributed by atoms with Crippen LogP contribution in [0.1, 0.15) is 37.7 Å². The first kappa shape index (κ1) is 20.6. The first-order valence-corrected chi connectivity index (χ1v) is 9.99. The zero-order valence-corrected chi connectivity index (χ0v) is 17.4. The largest absolute Gasteiger partial charge is 0.465 e. The fourth-order valence-electron chi connectivity index (χ4n) is 3.95. The predicted octanol–water partition coefficient (Wildman–Crippen LogP) is 0.238. The number of aromatic nitrogens is 1. The number of rotatable bonds is 6. The van der Waals surface area contributed by atoms with Gasteiger partial charge in [0.2, 0.25) is 5.78 Å². The average Bonchev–Trinajstić information content (AvgIpc) is 2.99. The molecule has 1 saturated heterocycles. The van der Waals surface area contributed by atoms with Crippen molar-refractivity contribution in [2.75, 3.05) is 39.8 Å². The summed E-state index contributed by atoms with van der Waals surface area (Å²) >= 11 is 5.95. The minimum atomic E-state index is -0.405. The number of aryl methyl sites for hydroxylation is 1. The Morgan fingerprint density at radius 1 is 1.07 bits per heavy atom. The van der Waals surface area contributed by atoms with Gasteiger partial charge in [-0.1, -0.05) is 23.7 Å². The van der Waals surface area contributed by atoms with E-state index >= 15 is 0 Å². The number of carbonyl (C=O) groups excluding carboxylic acids is 2. The van der Waals surface area contributed by atoms with Crippen LogP contribution in [0.2, 0.25) is 5.02 Å². The van der Waals surface area contributed by atoms with Crippen LogP contribution in [0.25, 0.3) is 0 Å². The van der Waals surface area contributed by atoms with E-state index in [2.05, 4.69) is 17.1 Å². The molecule has 0 aliphatic carbocycles. The molecule has 1 aromatic carbocycles. The number of halogens is 1. The van der Waals surface area contributed by atoms with Crippen LogP contribution in [0, 0.1) is 13.8 Å². The lowest BCUT2D eigenvalue weighted by Crippen LogP contribution is -3.27. The maximum Gasteiger partial charge on any atom is 0.339 e. The van der Waals surface area contributed by atoms with Crippen molar-refractivity contribution in [1.29, 1.82) is 0 Å². The summed E-state index contributed by atoms with van der Waals surface area (Å²) in [7, 11) is 1.35. The normalized spacial score (nSPS) is 19.4. The number of ketones is 1. The molecule has 3 rings (SSSR count). The van der Waals surface area contributed by atoms with Gasteiger partial charge in [0.05, 0.1) is 18.4 Å². The number of quaternary nitrogens is 2. The van der Waals surface area contributed by atoms with E-state index in [0.29, 0.717) is 29.1 Å². The number of hydrogen-bond acceptors (Lipinski definition) is 3. The number of methoxy groups -OCH3 is 1. The van der Waals surface area contributed by atoms with Gasteiger partial charge in [-0.2, -0.15) is 0 Å². The van der Waals surface area contributed by atoms with Crippen molar-refractivity contribution in [3.63, 3.8) is 0 Å². The van der Waals surface area contributed by atoms with E-state index in [1.807, 2.05) is 12.1 Å². The maximum absolute atomic E-state index is 12.8. The topological polar surface area (TPSA) is 68.0 Å². The number of nitrogens with one attached hydrogen (secondary N) is 3. The van der Waals surface area contributed by atoms with Crippen LogP contribution < -0.4 is 9.80 Å². The highest BCUT2D eigenvalue weighted by Gasteiger charge is 2.28. The van der Waals surface area contributed by atoms with Crippen LogP contribution in [0.3, 0.4) is 0 Å². The fourth-order valence-corrected chi connectivity index (χ4v) is 4.08. The van der Waals surface area contributed by atoms with Crippen LogP contribution in [-0.4, -0.2) is 56.6 Å². The molecule has 0 spiro atoms. The predicted molar refractivity (Wildman–Crippen MR) is 107 cm³/mol. The number of H-pyrrole nitrogens is 1. The molecule has 0 bridgehead atoms. The number of ether oxygens (including phenoxy) is 1. The van der Waals surface area contributed by atoms with Gasteiger partial charge in [0.1, 0.15) is 39.3 Å². The minimum Gasteiger partial charge on any atom is -0.465 e. The molecule has 1 fully saturated rings. The third kappa shape index (κ3) is 4.63. The summed E-state index contributed by atoms with van der Waals surface area (Å²) < 4.78 is 4.82. The molecule has 2 aromatic rings. The third-order valence-corrected chi connectivity index (χ3v) is 5.80. The number of carbonyl (C=O) groups is 2. The van der Waals surface area contributed by atoms with Gasteiger partial charge in [-0.05, 0) is 31.5 Å². The maximum atomic E-state index is 12.8. The number of aromatic amines is 1. The smallest absolute Gasteiger partial charge is 0.339 e. The molecule has 0 amide bonds. The van der Waals surface area contributed by atoms with E-state index in [1.165, 1.54) is 22.5 Å². The van der Waals surface area contributed by atoms with Crippen LogP contribution in [0.5, 0.6) is 0 Å². The molecule has 0 saturated carbocycles.